The van der Waals surface area contributed by atoms with E-state index in [1.54, 1.807) is 0 Å². The van der Waals surface area contributed by atoms with Gasteiger partial charge in [0.1, 0.15) is 5.75 Å². The zero-order chi connectivity index (χ0) is 17.7. The topological polar surface area (TPSA) is 29.5 Å². The second-order valence-corrected chi connectivity index (χ2v) is 7.19. The number of aliphatic hydroxyl groups is 1. The van der Waals surface area contributed by atoms with E-state index >= 15 is 0 Å². The molecule has 1 aromatic rings. The molecule has 138 valence electrons. The molecule has 24 heavy (non-hydrogen) atoms. The van der Waals surface area contributed by atoms with Crippen molar-refractivity contribution in [1.29, 1.82) is 0 Å². The number of ether oxygens (including phenoxy) is 1. The van der Waals surface area contributed by atoms with Gasteiger partial charge in [0.15, 0.2) is 0 Å². The highest BCUT2D eigenvalue weighted by Crippen LogP contribution is 2.27. The highest BCUT2D eigenvalue weighted by Gasteiger charge is 2.20. The highest BCUT2D eigenvalue weighted by atomic mass is 16.5. The maximum absolute atomic E-state index is 10.3. The predicted octanol–water partition coefficient (Wildman–Crippen LogP) is 6.60. The molecule has 2 heteroatoms. The van der Waals surface area contributed by atoms with Crippen LogP contribution in [0.15, 0.2) is 24.3 Å². The Kier molecular flexibility index (Phi) is 10.8. The molecular weight excluding hydrogens is 296 g/mol. The first kappa shape index (κ1) is 21.0. The second-order valence-electron chi connectivity index (χ2n) is 7.19. The molecule has 1 rings (SSSR count). The van der Waals surface area contributed by atoms with E-state index in [-0.39, 0.29) is 0 Å². The van der Waals surface area contributed by atoms with Gasteiger partial charge >= 0.3 is 0 Å². The first-order valence-corrected chi connectivity index (χ1v) is 10.1. The molecule has 0 amide bonds. The maximum Gasteiger partial charge on any atom is 0.119 e. The first-order valence-electron chi connectivity index (χ1n) is 10.1. The van der Waals surface area contributed by atoms with Crippen LogP contribution in [0.5, 0.6) is 5.75 Å². The molecule has 0 bridgehead atoms. The quantitative estimate of drug-likeness (QED) is 0.388. The van der Waals surface area contributed by atoms with Crippen molar-refractivity contribution >= 4 is 0 Å². The standard InChI is InChI=1S/C22H38O2/c1-4-6-7-8-9-10-11-12-13-14-18-24-21-17-15-16-20(19-21)22(3,23)5-2/h15-17,19,23H,4-14,18H2,1-3H3/t22-/m0/s1. The Bertz CT molecular complexity index is 426. The Hall–Kier alpha value is -1.02. The molecule has 1 N–H and O–H groups in total. The summed E-state index contributed by atoms with van der Waals surface area (Å²) >= 11 is 0. The van der Waals surface area contributed by atoms with Crippen molar-refractivity contribution < 1.29 is 9.84 Å². The predicted molar refractivity (Wildman–Crippen MR) is 104 cm³/mol. The molecule has 0 aliphatic rings. The summed E-state index contributed by atoms with van der Waals surface area (Å²) in [6, 6.07) is 7.88. The Morgan fingerprint density at radius 3 is 2.04 bits per heavy atom. The van der Waals surface area contributed by atoms with E-state index in [0.29, 0.717) is 6.42 Å². The molecule has 1 aromatic carbocycles. The molecule has 0 aliphatic heterocycles. The van der Waals surface area contributed by atoms with Crippen LogP contribution in [-0.4, -0.2) is 11.7 Å². The average molecular weight is 335 g/mol. The summed E-state index contributed by atoms with van der Waals surface area (Å²) < 4.78 is 5.85. The van der Waals surface area contributed by atoms with Crippen LogP contribution in [0.25, 0.3) is 0 Å². The van der Waals surface area contributed by atoms with E-state index in [1.807, 2.05) is 38.1 Å². The van der Waals surface area contributed by atoms with Gasteiger partial charge in [-0.1, -0.05) is 83.8 Å². The van der Waals surface area contributed by atoms with Gasteiger partial charge in [-0.15, -0.1) is 0 Å². The third-order valence-corrected chi connectivity index (χ3v) is 4.91. The first-order chi connectivity index (χ1) is 11.6. The van der Waals surface area contributed by atoms with Gasteiger partial charge in [-0.05, 0) is 37.5 Å². The molecule has 0 unspecified atom stereocenters. The van der Waals surface area contributed by atoms with Gasteiger partial charge in [0.05, 0.1) is 12.2 Å². The number of hydrogen-bond donors (Lipinski definition) is 1. The summed E-state index contributed by atoms with van der Waals surface area (Å²) in [4.78, 5) is 0. The minimum absolute atomic E-state index is 0.703. The Morgan fingerprint density at radius 2 is 1.46 bits per heavy atom. The Morgan fingerprint density at radius 1 is 0.875 bits per heavy atom. The lowest BCUT2D eigenvalue weighted by molar-refractivity contribution is 0.0528. The van der Waals surface area contributed by atoms with Crippen LogP contribution in [0.1, 0.15) is 97.0 Å². The van der Waals surface area contributed by atoms with Crippen LogP contribution in [0, 0.1) is 0 Å². The molecule has 0 radical (unpaired) electrons. The molecule has 0 aromatic heterocycles. The molecule has 0 fully saturated rings. The Labute approximate surface area is 149 Å². The van der Waals surface area contributed by atoms with Gasteiger partial charge < -0.3 is 9.84 Å². The van der Waals surface area contributed by atoms with E-state index < -0.39 is 5.60 Å². The van der Waals surface area contributed by atoms with Gasteiger partial charge in [0.25, 0.3) is 0 Å². The largest absolute Gasteiger partial charge is 0.494 e. The van der Waals surface area contributed by atoms with E-state index in [4.69, 9.17) is 4.74 Å². The highest BCUT2D eigenvalue weighted by molar-refractivity contribution is 5.31. The summed E-state index contributed by atoms with van der Waals surface area (Å²) in [7, 11) is 0. The molecule has 0 aliphatic carbocycles. The number of hydrogen-bond acceptors (Lipinski definition) is 2. The van der Waals surface area contributed by atoms with Crippen LogP contribution in [0.3, 0.4) is 0 Å². The summed E-state index contributed by atoms with van der Waals surface area (Å²) in [5.41, 5.74) is 0.168. The molecule has 0 saturated carbocycles. The monoisotopic (exact) mass is 334 g/mol. The van der Waals surface area contributed by atoms with E-state index in [0.717, 1.165) is 24.3 Å². The summed E-state index contributed by atoms with van der Waals surface area (Å²) in [5.74, 6) is 0.872. The molecule has 0 heterocycles. The summed E-state index contributed by atoms with van der Waals surface area (Å²) in [6.45, 7) is 6.89. The molecular formula is C22H38O2. The number of benzene rings is 1. The fourth-order valence-electron chi connectivity index (χ4n) is 2.90. The normalized spacial score (nSPS) is 13.7. The lowest BCUT2D eigenvalue weighted by Crippen LogP contribution is -2.19. The lowest BCUT2D eigenvalue weighted by Gasteiger charge is -2.22. The van der Waals surface area contributed by atoms with Crippen LogP contribution in [-0.2, 0) is 5.60 Å². The third-order valence-electron chi connectivity index (χ3n) is 4.91. The molecule has 1 atom stereocenters. The van der Waals surface area contributed by atoms with E-state index in [1.165, 1.54) is 57.8 Å². The van der Waals surface area contributed by atoms with E-state index in [2.05, 4.69) is 6.92 Å². The smallest absolute Gasteiger partial charge is 0.119 e. The van der Waals surface area contributed by atoms with Gasteiger partial charge in [-0.25, -0.2) is 0 Å². The van der Waals surface area contributed by atoms with E-state index in [9.17, 15) is 5.11 Å². The van der Waals surface area contributed by atoms with Gasteiger partial charge in [-0.3, -0.25) is 0 Å². The van der Waals surface area contributed by atoms with Crippen molar-refractivity contribution in [3.63, 3.8) is 0 Å². The van der Waals surface area contributed by atoms with Crippen molar-refractivity contribution in [2.24, 2.45) is 0 Å². The SMILES string of the molecule is CCCCCCCCCCCCOc1cccc([C@@](C)(O)CC)c1. The zero-order valence-corrected chi connectivity index (χ0v) is 16.2. The minimum Gasteiger partial charge on any atom is -0.494 e. The second kappa shape index (κ2) is 12.4. The van der Waals surface area contributed by atoms with Crippen molar-refractivity contribution in [1.82, 2.24) is 0 Å². The van der Waals surface area contributed by atoms with Crippen molar-refractivity contribution in [3.8, 4) is 5.75 Å². The molecule has 2 nitrogen and oxygen atoms in total. The van der Waals surface area contributed by atoms with Gasteiger partial charge in [0.2, 0.25) is 0 Å². The van der Waals surface area contributed by atoms with Crippen molar-refractivity contribution in [2.45, 2.75) is 97.0 Å². The van der Waals surface area contributed by atoms with Crippen molar-refractivity contribution in [2.75, 3.05) is 6.61 Å². The third kappa shape index (κ3) is 8.73. The van der Waals surface area contributed by atoms with Gasteiger partial charge in [0, 0.05) is 0 Å². The maximum atomic E-state index is 10.3. The van der Waals surface area contributed by atoms with Crippen LogP contribution in [0.2, 0.25) is 0 Å². The average Bonchev–Trinajstić information content (AvgIpc) is 2.60. The van der Waals surface area contributed by atoms with Crippen molar-refractivity contribution in [3.05, 3.63) is 29.8 Å². The summed E-state index contributed by atoms with van der Waals surface area (Å²) in [6.07, 6.45) is 14.1. The van der Waals surface area contributed by atoms with Gasteiger partial charge in [-0.2, -0.15) is 0 Å². The van der Waals surface area contributed by atoms with Crippen LogP contribution < -0.4 is 4.74 Å². The number of unbranched alkanes of at least 4 members (excludes halogenated alkanes) is 9. The number of rotatable bonds is 14. The minimum atomic E-state index is -0.767. The van der Waals surface area contributed by atoms with Crippen LogP contribution >= 0.6 is 0 Å². The summed E-state index contributed by atoms with van der Waals surface area (Å²) in [5, 5.41) is 10.3. The van der Waals surface area contributed by atoms with Crippen LogP contribution in [0.4, 0.5) is 0 Å². The lowest BCUT2D eigenvalue weighted by atomic mass is 9.93. The zero-order valence-electron chi connectivity index (χ0n) is 16.2. The fraction of sp³-hybridized carbons (Fsp3) is 0.727. The Balaban J connectivity index is 2.08. The molecule has 0 saturated heterocycles. The fourth-order valence-corrected chi connectivity index (χ4v) is 2.90. The molecule has 0 spiro atoms.